The van der Waals surface area contributed by atoms with Crippen LogP contribution in [0.1, 0.15) is 43.8 Å². The highest BCUT2D eigenvalue weighted by atomic mass is 16.4. The molecule has 0 radical (unpaired) electrons. The standard InChI is InChI=1S/C22H31N3O2/c1-4-23-20(24-15-21(3,26)19-11-10-17(2)27-19)25-16-22(12-13-22)14-18-8-6-5-7-9-18/h5-11,26H,4,12-16H2,1-3H3,(H2,23,24,25). The van der Waals surface area contributed by atoms with E-state index in [1.807, 2.05) is 26.0 Å². The Bertz CT molecular complexity index is 761. The fraction of sp³-hybridized carbons (Fsp3) is 0.500. The molecule has 3 N–H and O–H groups in total. The second-order valence-corrected chi connectivity index (χ2v) is 7.90. The summed E-state index contributed by atoms with van der Waals surface area (Å²) in [7, 11) is 0. The molecule has 1 heterocycles. The van der Waals surface area contributed by atoms with E-state index in [1.54, 1.807) is 6.92 Å². The Morgan fingerprint density at radius 2 is 1.93 bits per heavy atom. The van der Waals surface area contributed by atoms with Gasteiger partial charge in [-0.25, -0.2) is 4.99 Å². The summed E-state index contributed by atoms with van der Waals surface area (Å²) in [5, 5.41) is 17.4. The van der Waals surface area contributed by atoms with Crippen LogP contribution in [-0.4, -0.2) is 30.7 Å². The summed E-state index contributed by atoms with van der Waals surface area (Å²) < 4.78 is 5.57. The van der Waals surface area contributed by atoms with E-state index in [4.69, 9.17) is 4.42 Å². The van der Waals surface area contributed by atoms with E-state index >= 15 is 0 Å². The monoisotopic (exact) mass is 369 g/mol. The second-order valence-electron chi connectivity index (χ2n) is 7.90. The highest BCUT2D eigenvalue weighted by molar-refractivity contribution is 5.79. The number of rotatable bonds is 8. The van der Waals surface area contributed by atoms with Crippen LogP contribution in [0.5, 0.6) is 0 Å². The zero-order chi connectivity index (χ0) is 19.3. The van der Waals surface area contributed by atoms with Crippen molar-refractivity contribution in [2.75, 3.05) is 19.6 Å². The molecule has 1 saturated carbocycles. The van der Waals surface area contributed by atoms with Crippen LogP contribution < -0.4 is 10.6 Å². The molecule has 5 heteroatoms. The first-order valence-corrected chi connectivity index (χ1v) is 9.78. The Labute approximate surface area is 161 Å². The van der Waals surface area contributed by atoms with Crippen LogP contribution in [-0.2, 0) is 12.0 Å². The summed E-state index contributed by atoms with van der Waals surface area (Å²) in [5.74, 6) is 2.07. The Hall–Kier alpha value is -2.27. The lowest BCUT2D eigenvalue weighted by Crippen LogP contribution is -2.41. The predicted molar refractivity (Wildman–Crippen MR) is 109 cm³/mol. The fourth-order valence-corrected chi connectivity index (χ4v) is 3.27. The first kappa shape index (κ1) is 19.5. The summed E-state index contributed by atoms with van der Waals surface area (Å²) in [6.07, 6.45) is 3.55. The van der Waals surface area contributed by atoms with Crippen molar-refractivity contribution in [3.05, 3.63) is 59.5 Å². The molecule has 0 bridgehead atoms. The maximum atomic E-state index is 10.7. The van der Waals surface area contributed by atoms with Gasteiger partial charge in [0.15, 0.2) is 5.96 Å². The molecule has 0 saturated heterocycles. The normalized spacial score (nSPS) is 18.0. The van der Waals surface area contributed by atoms with Crippen molar-refractivity contribution in [2.45, 2.75) is 45.6 Å². The molecule has 1 aliphatic carbocycles. The molecule has 1 unspecified atom stereocenters. The molecule has 1 aromatic heterocycles. The molecule has 2 aromatic rings. The van der Waals surface area contributed by atoms with Crippen molar-refractivity contribution in [1.82, 2.24) is 10.6 Å². The van der Waals surface area contributed by atoms with Gasteiger partial charge in [0, 0.05) is 13.1 Å². The summed E-state index contributed by atoms with van der Waals surface area (Å²) in [6.45, 7) is 7.55. The smallest absolute Gasteiger partial charge is 0.191 e. The Kier molecular flexibility index (Phi) is 5.90. The average molecular weight is 370 g/mol. The van der Waals surface area contributed by atoms with E-state index in [1.165, 1.54) is 18.4 Å². The molecule has 5 nitrogen and oxygen atoms in total. The van der Waals surface area contributed by atoms with Crippen molar-refractivity contribution in [2.24, 2.45) is 10.4 Å². The SMILES string of the molecule is CCNC(=NCC(C)(O)c1ccc(C)o1)NCC1(Cc2ccccc2)CC1. The van der Waals surface area contributed by atoms with Crippen LogP contribution in [0.15, 0.2) is 51.9 Å². The molecule has 0 spiro atoms. The number of aliphatic imine (C=N–C) groups is 1. The van der Waals surface area contributed by atoms with E-state index in [0.717, 1.165) is 31.2 Å². The molecule has 0 aliphatic heterocycles. The topological polar surface area (TPSA) is 69.8 Å². The van der Waals surface area contributed by atoms with Crippen LogP contribution in [0, 0.1) is 12.3 Å². The number of benzene rings is 1. The molecule has 1 aromatic carbocycles. The lowest BCUT2D eigenvalue weighted by Gasteiger charge is -2.21. The highest BCUT2D eigenvalue weighted by Crippen LogP contribution is 2.47. The summed E-state index contributed by atoms with van der Waals surface area (Å²) in [6, 6.07) is 14.3. The van der Waals surface area contributed by atoms with E-state index in [2.05, 4.69) is 46.0 Å². The highest BCUT2D eigenvalue weighted by Gasteiger charge is 2.42. The number of aliphatic hydroxyl groups is 1. The van der Waals surface area contributed by atoms with Crippen molar-refractivity contribution >= 4 is 5.96 Å². The minimum absolute atomic E-state index is 0.237. The van der Waals surface area contributed by atoms with Crippen molar-refractivity contribution in [3.63, 3.8) is 0 Å². The zero-order valence-electron chi connectivity index (χ0n) is 16.6. The van der Waals surface area contributed by atoms with Crippen molar-refractivity contribution in [1.29, 1.82) is 0 Å². The van der Waals surface area contributed by atoms with Gasteiger partial charge in [-0.2, -0.15) is 0 Å². The number of aryl methyl sites for hydroxylation is 1. The van der Waals surface area contributed by atoms with Gasteiger partial charge < -0.3 is 20.2 Å². The first-order valence-electron chi connectivity index (χ1n) is 9.78. The third-order valence-electron chi connectivity index (χ3n) is 5.17. The molecule has 3 rings (SSSR count). The van der Waals surface area contributed by atoms with Gasteiger partial charge in [0.1, 0.15) is 17.1 Å². The minimum atomic E-state index is -1.13. The molecule has 1 atom stereocenters. The molecule has 1 fully saturated rings. The van der Waals surface area contributed by atoms with Crippen molar-refractivity contribution in [3.8, 4) is 0 Å². The largest absolute Gasteiger partial charge is 0.463 e. The van der Waals surface area contributed by atoms with Gasteiger partial charge >= 0.3 is 0 Å². The summed E-state index contributed by atoms with van der Waals surface area (Å²) >= 11 is 0. The number of furan rings is 1. The van der Waals surface area contributed by atoms with Gasteiger partial charge in [-0.1, -0.05) is 30.3 Å². The van der Waals surface area contributed by atoms with Crippen LogP contribution in [0.4, 0.5) is 0 Å². The number of hydrogen-bond acceptors (Lipinski definition) is 3. The zero-order valence-corrected chi connectivity index (χ0v) is 16.6. The summed E-state index contributed by atoms with van der Waals surface area (Å²) in [5.41, 5.74) is 0.575. The van der Waals surface area contributed by atoms with Gasteiger partial charge in [0.05, 0.1) is 6.54 Å². The minimum Gasteiger partial charge on any atom is -0.463 e. The van der Waals surface area contributed by atoms with Gasteiger partial charge in [-0.05, 0) is 63.1 Å². The number of hydrogen-bond donors (Lipinski definition) is 3. The Balaban J connectivity index is 1.59. The lowest BCUT2D eigenvalue weighted by atomic mass is 9.96. The Morgan fingerprint density at radius 1 is 1.19 bits per heavy atom. The maximum absolute atomic E-state index is 10.7. The quantitative estimate of drug-likeness (QED) is 0.493. The Morgan fingerprint density at radius 3 is 2.52 bits per heavy atom. The number of nitrogens with one attached hydrogen (secondary N) is 2. The third kappa shape index (κ3) is 5.36. The van der Waals surface area contributed by atoms with Crippen LogP contribution in [0.3, 0.4) is 0 Å². The van der Waals surface area contributed by atoms with E-state index in [9.17, 15) is 5.11 Å². The predicted octanol–water partition coefficient (Wildman–Crippen LogP) is 3.37. The van der Waals surface area contributed by atoms with Gasteiger partial charge in [0.2, 0.25) is 0 Å². The van der Waals surface area contributed by atoms with Crippen LogP contribution in [0.2, 0.25) is 0 Å². The molecular formula is C22H31N3O2. The van der Waals surface area contributed by atoms with E-state index in [0.29, 0.717) is 11.2 Å². The summed E-state index contributed by atoms with van der Waals surface area (Å²) in [4.78, 5) is 4.59. The average Bonchev–Trinajstić information content (AvgIpc) is 3.26. The van der Waals surface area contributed by atoms with Crippen molar-refractivity contribution < 1.29 is 9.52 Å². The van der Waals surface area contributed by atoms with Gasteiger partial charge in [-0.3, -0.25) is 0 Å². The number of guanidine groups is 1. The van der Waals surface area contributed by atoms with E-state index < -0.39 is 5.60 Å². The maximum Gasteiger partial charge on any atom is 0.191 e. The third-order valence-corrected chi connectivity index (χ3v) is 5.17. The number of nitrogens with zero attached hydrogens (tertiary/aromatic N) is 1. The van der Waals surface area contributed by atoms with Crippen LogP contribution in [0.25, 0.3) is 0 Å². The van der Waals surface area contributed by atoms with Gasteiger partial charge in [0.25, 0.3) is 0 Å². The lowest BCUT2D eigenvalue weighted by molar-refractivity contribution is 0.0428. The van der Waals surface area contributed by atoms with Crippen LogP contribution >= 0.6 is 0 Å². The fourth-order valence-electron chi connectivity index (χ4n) is 3.27. The molecule has 146 valence electrons. The first-order chi connectivity index (χ1) is 12.9. The molecule has 27 heavy (non-hydrogen) atoms. The molecule has 1 aliphatic rings. The second kappa shape index (κ2) is 8.17. The molecular weight excluding hydrogens is 338 g/mol. The van der Waals surface area contributed by atoms with Gasteiger partial charge in [-0.15, -0.1) is 0 Å². The van der Waals surface area contributed by atoms with E-state index in [-0.39, 0.29) is 6.54 Å². The molecule has 0 amide bonds.